The third-order valence-corrected chi connectivity index (χ3v) is 2.47. The molecule has 90 valence electrons. The molecular formula is C9H16ClF2NO2. The van der Waals surface area contributed by atoms with Crippen LogP contribution in [0.2, 0.25) is 0 Å². The quantitative estimate of drug-likeness (QED) is 0.752. The zero-order valence-electron chi connectivity index (χ0n) is 8.54. The molecule has 15 heavy (non-hydrogen) atoms. The molecule has 0 radical (unpaired) electrons. The lowest BCUT2D eigenvalue weighted by atomic mass is 9.83. The molecule has 0 unspecified atom stereocenters. The van der Waals surface area contributed by atoms with Crippen molar-refractivity contribution < 1.29 is 18.3 Å². The van der Waals surface area contributed by atoms with Gasteiger partial charge in [-0.15, -0.1) is 12.4 Å². The molecule has 0 aliphatic heterocycles. The van der Waals surface area contributed by atoms with Crippen molar-refractivity contribution in [2.24, 2.45) is 11.7 Å². The maximum atomic E-state index is 13.0. The average Bonchev–Trinajstić information content (AvgIpc) is 2.10. The number of hydrogen-bond acceptors (Lipinski definition) is 3. The maximum Gasteiger partial charge on any atom is 0.310 e. The first-order chi connectivity index (χ1) is 6.46. The highest BCUT2D eigenvalue weighted by Crippen LogP contribution is 2.36. The number of nitrogens with two attached hydrogens (primary N) is 1. The van der Waals surface area contributed by atoms with Crippen LogP contribution in [0.4, 0.5) is 8.78 Å². The molecule has 1 saturated carbocycles. The predicted molar refractivity (Wildman–Crippen MR) is 54.1 cm³/mol. The summed E-state index contributed by atoms with van der Waals surface area (Å²) in [6, 6.07) is -0.492. The fourth-order valence-electron chi connectivity index (χ4n) is 1.66. The summed E-state index contributed by atoms with van der Waals surface area (Å²) in [5, 5.41) is 0. The van der Waals surface area contributed by atoms with Gasteiger partial charge in [0.05, 0.1) is 12.5 Å². The van der Waals surface area contributed by atoms with Gasteiger partial charge in [-0.1, -0.05) is 0 Å². The Hall–Kier alpha value is -0.420. The lowest BCUT2D eigenvalue weighted by Gasteiger charge is -2.32. The Balaban J connectivity index is 0.00000196. The SMILES string of the molecule is CCOC(=O)[C@@H]1CC(F)(F)CC[C@H]1N.Cl. The standard InChI is InChI=1S/C9H15F2NO2.ClH/c1-2-14-8(13)6-5-9(10,11)4-3-7(6)12;/h6-7H,2-5,12H2,1H3;1H/t6-,7-;/m1./s1. The topological polar surface area (TPSA) is 52.3 Å². The summed E-state index contributed by atoms with van der Waals surface area (Å²) in [6.07, 6.45) is -0.534. The minimum atomic E-state index is -2.77. The van der Waals surface area contributed by atoms with Crippen LogP contribution < -0.4 is 5.73 Å². The molecule has 0 aromatic carbocycles. The van der Waals surface area contributed by atoms with Crippen molar-refractivity contribution in [3.05, 3.63) is 0 Å². The molecule has 0 heterocycles. The zero-order valence-corrected chi connectivity index (χ0v) is 9.36. The van der Waals surface area contributed by atoms with Gasteiger partial charge in [-0.2, -0.15) is 0 Å². The van der Waals surface area contributed by atoms with E-state index in [2.05, 4.69) is 0 Å². The van der Waals surface area contributed by atoms with E-state index in [1.165, 1.54) is 0 Å². The van der Waals surface area contributed by atoms with Crippen LogP contribution in [0.3, 0.4) is 0 Å². The Kier molecular flexibility index (Phi) is 5.45. The number of carbonyl (C=O) groups is 1. The van der Waals surface area contributed by atoms with Gasteiger partial charge >= 0.3 is 5.97 Å². The van der Waals surface area contributed by atoms with E-state index in [-0.39, 0.29) is 31.9 Å². The predicted octanol–water partition coefficient (Wildman–Crippen LogP) is 1.73. The van der Waals surface area contributed by atoms with E-state index in [9.17, 15) is 13.6 Å². The molecule has 6 heteroatoms. The molecule has 1 aliphatic rings. The molecule has 0 aromatic rings. The first kappa shape index (κ1) is 14.6. The Morgan fingerprint density at radius 3 is 2.73 bits per heavy atom. The molecule has 1 rings (SSSR count). The summed E-state index contributed by atoms with van der Waals surface area (Å²) in [7, 11) is 0. The third kappa shape index (κ3) is 3.91. The fraction of sp³-hybridized carbons (Fsp3) is 0.889. The van der Waals surface area contributed by atoms with E-state index in [1.807, 2.05) is 0 Å². The molecule has 1 fully saturated rings. The van der Waals surface area contributed by atoms with Crippen molar-refractivity contribution >= 4 is 18.4 Å². The highest BCUT2D eigenvalue weighted by Gasteiger charge is 2.43. The summed E-state index contributed by atoms with van der Waals surface area (Å²) in [6.45, 7) is 1.85. The summed E-state index contributed by atoms with van der Waals surface area (Å²) in [4.78, 5) is 11.3. The van der Waals surface area contributed by atoms with Gasteiger partial charge < -0.3 is 10.5 Å². The van der Waals surface area contributed by atoms with Crippen molar-refractivity contribution in [2.45, 2.75) is 38.2 Å². The van der Waals surface area contributed by atoms with Gasteiger partial charge in [0.1, 0.15) is 0 Å². The smallest absolute Gasteiger partial charge is 0.310 e. The number of ether oxygens (including phenoxy) is 1. The lowest BCUT2D eigenvalue weighted by Crippen LogP contribution is -2.45. The van der Waals surface area contributed by atoms with Crippen LogP contribution in [0.15, 0.2) is 0 Å². The second-order valence-corrected chi connectivity index (χ2v) is 3.62. The van der Waals surface area contributed by atoms with Gasteiger partial charge in [0, 0.05) is 18.9 Å². The van der Waals surface area contributed by atoms with Crippen LogP contribution in [-0.2, 0) is 9.53 Å². The van der Waals surface area contributed by atoms with Crippen LogP contribution in [0.1, 0.15) is 26.2 Å². The molecule has 1 aliphatic carbocycles. The van der Waals surface area contributed by atoms with E-state index < -0.39 is 30.3 Å². The number of halogens is 3. The normalized spacial score (nSPS) is 29.1. The van der Waals surface area contributed by atoms with Crippen molar-refractivity contribution in [1.29, 1.82) is 0 Å². The highest BCUT2D eigenvalue weighted by atomic mass is 35.5. The number of rotatable bonds is 2. The van der Waals surface area contributed by atoms with E-state index in [1.54, 1.807) is 6.92 Å². The van der Waals surface area contributed by atoms with Crippen LogP contribution in [0.5, 0.6) is 0 Å². The average molecular weight is 244 g/mol. The number of esters is 1. The van der Waals surface area contributed by atoms with Crippen LogP contribution in [-0.4, -0.2) is 24.5 Å². The summed E-state index contributed by atoms with van der Waals surface area (Å²) < 4.78 is 30.6. The van der Waals surface area contributed by atoms with E-state index in [0.717, 1.165) is 0 Å². The van der Waals surface area contributed by atoms with Gasteiger partial charge in [0.2, 0.25) is 5.92 Å². The Morgan fingerprint density at radius 2 is 2.20 bits per heavy atom. The molecular weight excluding hydrogens is 228 g/mol. The maximum absolute atomic E-state index is 13.0. The van der Waals surface area contributed by atoms with Crippen molar-refractivity contribution in [3.8, 4) is 0 Å². The van der Waals surface area contributed by atoms with Gasteiger partial charge in [0.25, 0.3) is 0 Å². The molecule has 2 N–H and O–H groups in total. The van der Waals surface area contributed by atoms with Crippen LogP contribution >= 0.6 is 12.4 Å². The minimum absolute atomic E-state index is 0. The monoisotopic (exact) mass is 243 g/mol. The molecule has 0 bridgehead atoms. The first-order valence-corrected chi connectivity index (χ1v) is 4.76. The molecule has 0 saturated heterocycles. The van der Waals surface area contributed by atoms with Crippen molar-refractivity contribution in [3.63, 3.8) is 0 Å². The second kappa shape index (κ2) is 5.61. The van der Waals surface area contributed by atoms with Gasteiger partial charge in [-0.05, 0) is 13.3 Å². The lowest BCUT2D eigenvalue weighted by molar-refractivity contribution is -0.156. The summed E-state index contributed by atoms with van der Waals surface area (Å²) >= 11 is 0. The fourth-order valence-corrected chi connectivity index (χ4v) is 1.66. The number of hydrogen-bond donors (Lipinski definition) is 1. The first-order valence-electron chi connectivity index (χ1n) is 4.76. The Labute approximate surface area is 93.8 Å². The van der Waals surface area contributed by atoms with E-state index >= 15 is 0 Å². The number of alkyl halides is 2. The van der Waals surface area contributed by atoms with Gasteiger partial charge in [-0.3, -0.25) is 4.79 Å². The van der Waals surface area contributed by atoms with Crippen LogP contribution in [0, 0.1) is 5.92 Å². The molecule has 0 spiro atoms. The van der Waals surface area contributed by atoms with Crippen LogP contribution in [0.25, 0.3) is 0 Å². The molecule has 2 atom stereocenters. The summed E-state index contributed by atoms with van der Waals surface area (Å²) in [5.41, 5.74) is 5.60. The number of carbonyl (C=O) groups excluding carboxylic acids is 1. The third-order valence-electron chi connectivity index (χ3n) is 2.47. The van der Waals surface area contributed by atoms with Crippen molar-refractivity contribution in [2.75, 3.05) is 6.61 Å². The Morgan fingerprint density at radius 1 is 1.60 bits per heavy atom. The summed E-state index contributed by atoms with van der Waals surface area (Å²) in [5.74, 6) is -4.22. The van der Waals surface area contributed by atoms with E-state index in [4.69, 9.17) is 10.5 Å². The van der Waals surface area contributed by atoms with Gasteiger partial charge in [0.15, 0.2) is 0 Å². The largest absolute Gasteiger partial charge is 0.466 e. The minimum Gasteiger partial charge on any atom is -0.466 e. The Bertz CT molecular complexity index is 226. The second-order valence-electron chi connectivity index (χ2n) is 3.62. The van der Waals surface area contributed by atoms with E-state index in [0.29, 0.717) is 0 Å². The van der Waals surface area contributed by atoms with Crippen molar-refractivity contribution in [1.82, 2.24) is 0 Å². The molecule has 3 nitrogen and oxygen atoms in total. The molecule has 0 aromatic heterocycles. The highest BCUT2D eigenvalue weighted by molar-refractivity contribution is 5.85. The molecule has 0 amide bonds. The zero-order chi connectivity index (χ0) is 10.8. The van der Waals surface area contributed by atoms with Gasteiger partial charge in [-0.25, -0.2) is 8.78 Å².